The summed E-state index contributed by atoms with van der Waals surface area (Å²) >= 11 is 0. The molecule has 12 atom stereocenters. The zero-order valence-electron chi connectivity index (χ0n) is 57.4. The molecule has 0 spiro atoms. The first kappa shape index (κ1) is 78.5. The summed E-state index contributed by atoms with van der Waals surface area (Å²) in [5.41, 5.74) is 6.77. The van der Waals surface area contributed by atoms with Gasteiger partial charge in [0.2, 0.25) is 41.4 Å². The monoisotopic (exact) mass is 1320 g/mol. The van der Waals surface area contributed by atoms with Crippen molar-refractivity contribution in [3.63, 3.8) is 0 Å². The molecule has 522 valence electrons. The standard InChI is InChI=1S/C68H105N11O15/c1-15-43(8)59(51(92-13)38-55(83)78-37-23-27-50(78)61(93-14)44(9)62(85)71-45(10)60(84)47-24-18-16-19-25-47)76(11)66(89)57(41(4)5)75-65(88)58(42(6)7)77(12)68(91)94-39-46-29-31-48(32-30-46)72-63(86)49(26-22-35-70-67(69)90)73-64(87)56(40(2)3)74-52(80)28-20-17-21-36-79-53(81)33-34-54(79)82/h16,18-19,24-25,29-34,40-45,49-51,56-61,84H,15,17,20-23,26-28,35-39H2,1-14H3,(H,71,85)(H,72,86)(H,73,87)(H,74,80)(H,75,88)(H3,69,70,90)/t43-,44+,45+,49+,50-,51?,56-,57-,58?,59-,60+,61+/m0/s1. The van der Waals surface area contributed by atoms with Crippen LogP contribution in [0.15, 0.2) is 66.7 Å². The number of aliphatic hydroxyl groups is 1. The van der Waals surface area contributed by atoms with E-state index >= 15 is 0 Å². The second-order valence-electron chi connectivity index (χ2n) is 25.8. The Morgan fingerprint density at radius 1 is 0.713 bits per heavy atom. The molecule has 94 heavy (non-hydrogen) atoms. The molecule has 0 bridgehead atoms. The minimum atomic E-state index is -1.11. The number of hydrogen-bond acceptors (Lipinski definition) is 15. The first-order chi connectivity index (χ1) is 44.5. The number of ether oxygens (including phenoxy) is 3. The second-order valence-corrected chi connectivity index (χ2v) is 25.8. The number of aliphatic hydroxyl groups excluding tert-OH is 1. The molecule has 0 radical (unpaired) electrons. The molecule has 1 saturated heterocycles. The van der Waals surface area contributed by atoms with Gasteiger partial charge in [-0.05, 0) is 92.4 Å². The van der Waals surface area contributed by atoms with Crippen LogP contribution in [0.3, 0.4) is 0 Å². The summed E-state index contributed by atoms with van der Waals surface area (Å²) in [4.78, 5) is 152. The van der Waals surface area contributed by atoms with Gasteiger partial charge in [0, 0.05) is 72.2 Å². The molecule has 2 aromatic carbocycles. The molecule has 0 aromatic heterocycles. The van der Waals surface area contributed by atoms with Crippen LogP contribution in [-0.2, 0) is 64.0 Å². The molecule has 2 heterocycles. The van der Waals surface area contributed by atoms with Crippen LogP contribution in [0.5, 0.6) is 0 Å². The zero-order valence-corrected chi connectivity index (χ0v) is 57.4. The fourth-order valence-electron chi connectivity index (χ4n) is 12.1. The summed E-state index contributed by atoms with van der Waals surface area (Å²) in [6.45, 7) is 18.6. The lowest BCUT2D eigenvalue weighted by Crippen LogP contribution is -2.60. The summed E-state index contributed by atoms with van der Waals surface area (Å²) in [6, 6.07) is 8.74. The Morgan fingerprint density at radius 3 is 1.93 bits per heavy atom. The number of unbranched alkanes of at least 4 members (excludes halogenated alkanes) is 2. The molecule has 26 heteroatoms. The lowest BCUT2D eigenvalue weighted by atomic mass is 9.89. The number of nitrogens with one attached hydrogen (secondary N) is 6. The van der Waals surface area contributed by atoms with Gasteiger partial charge in [0.1, 0.15) is 30.8 Å². The zero-order chi connectivity index (χ0) is 70.1. The molecular formula is C68H105N11O15. The van der Waals surface area contributed by atoms with Crippen molar-refractivity contribution in [2.45, 2.75) is 201 Å². The van der Waals surface area contributed by atoms with Gasteiger partial charge in [0.15, 0.2) is 0 Å². The Bertz CT molecular complexity index is 2880. The molecule has 2 aliphatic rings. The quantitative estimate of drug-likeness (QED) is 0.0321. The molecule has 2 aliphatic heterocycles. The lowest BCUT2D eigenvalue weighted by Gasteiger charge is -2.41. The molecule has 9 N–H and O–H groups in total. The van der Waals surface area contributed by atoms with Crippen LogP contribution in [0.1, 0.15) is 151 Å². The van der Waals surface area contributed by atoms with Gasteiger partial charge in [-0.2, -0.15) is 0 Å². The molecule has 2 aromatic rings. The summed E-state index contributed by atoms with van der Waals surface area (Å²) in [5, 5.41) is 27.6. The van der Waals surface area contributed by atoms with Gasteiger partial charge in [-0.15, -0.1) is 0 Å². The number of carbonyl (C=O) groups excluding carboxylic acids is 11. The molecule has 1 fully saturated rings. The topological polar surface area (TPSA) is 347 Å². The van der Waals surface area contributed by atoms with Crippen molar-refractivity contribution in [1.29, 1.82) is 0 Å². The van der Waals surface area contributed by atoms with Gasteiger partial charge in [-0.1, -0.05) is 118 Å². The van der Waals surface area contributed by atoms with E-state index < -0.39 is 114 Å². The van der Waals surface area contributed by atoms with Gasteiger partial charge in [-0.25, -0.2) is 9.59 Å². The lowest BCUT2D eigenvalue weighted by molar-refractivity contribution is -0.148. The molecule has 26 nitrogen and oxygen atoms in total. The van der Waals surface area contributed by atoms with Gasteiger partial charge in [-0.3, -0.25) is 53.0 Å². The van der Waals surface area contributed by atoms with E-state index in [1.54, 1.807) is 109 Å². The Hall–Kier alpha value is -7.97. The maximum atomic E-state index is 14.8. The molecule has 2 unspecified atom stereocenters. The van der Waals surface area contributed by atoms with Crippen molar-refractivity contribution in [3.05, 3.63) is 77.9 Å². The van der Waals surface area contributed by atoms with E-state index in [1.165, 1.54) is 38.3 Å². The predicted molar refractivity (Wildman–Crippen MR) is 353 cm³/mol. The number of amides is 12. The van der Waals surface area contributed by atoms with Crippen molar-refractivity contribution < 1.29 is 72.1 Å². The number of methoxy groups -OCH3 is 2. The number of benzene rings is 2. The number of nitrogens with zero attached hydrogens (tertiary/aromatic N) is 4. The largest absolute Gasteiger partial charge is 0.445 e. The fraction of sp³-hybridized carbons (Fsp3) is 0.632. The predicted octanol–water partition coefficient (Wildman–Crippen LogP) is 5.08. The highest BCUT2D eigenvalue weighted by Crippen LogP contribution is 2.31. The highest BCUT2D eigenvalue weighted by atomic mass is 16.6. The smallest absolute Gasteiger partial charge is 0.410 e. The molecule has 0 saturated carbocycles. The van der Waals surface area contributed by atoms with Crippen molar-refractivity contribution >= 4 is 71.0 Å². The van der Waals surface area contributed by atoms with Crippen molar-refractivity contribution in [3.8, 4) is 0 Å². The summed E-state index contributed by atoms with van der Waals surface area (Å²) in [5.74, 6) is -6.02. The number of anilines is 1. The SMILES string of the molecule is CC[C@H](C)[C@@H](C(CC(=O)N1CCC[C@H]1[C@H](OC)[C@@H](C)C(=O)N[C@H](C)[C@@H](O)c1ccccc1)OC)N(C)C(=O)[C@@H](NC(=O)C(C(C)C)N(C)C(=O)OCc1ccc(NC(=O)[C@@H](CCCNC(N)=O)NC(=O)[C@@H](NC(=O)CCCCCN2C(=O)C=CC2=O)C(C)C)cc1)C(C)C. The number of urea groups is 1. The number of imide groups is 1. The maximum absolute atomic E-state index is 14.8. The summed E-state index contributed by atoms with van der Waals surface area (Å²) < 4.78 is 17.7. The van der Waals surface area contributed by atoms with Crippen LogP contribution in [0.2, 0.25) is 0 Å². The molecule has 12 amide bonds. The highest BCUT2D eigenvalue weighted by Gasteiger charge is 2.44. The number of rotatable bonds is 38. The third kappa shape index (κ3) is 22.9. The average molecular weight is 1320 g/mol. The maximum Gasteiger partial charge on any atom is 0.410 e. The third-order valence-corrected chi connectivity index (χ3v) is 17.7. The van der Waals surface area contributed by atoms with Crippen LogP contribution in [0.25, 0.3) is 0 Å². The highest BCUT2D eigenvalue weighted by molar-refractivity contribution is 6.12. The van der Waals surface area contributed by atoms with Gasteiger partial charge in [0.25, 0.3) is 11.8 Å². The van der Waals surface area contributed by atoms with Crippen LogP contribution in [0.4, 0.5) is 15.3 Å². The first-order valence-corrected chi connectivity index (χ1v) is 32.9. The average Bonchev–Trinajstić information content (AvgIpc) is 1.33. The van der Waals surface area contributed by atoms with E-state index in [-0.39, 0.29) is 86.8 Å². The van der Waals surface area contributed by atoms with E-state index in [0.717, 1.165) is 4.90 Å². The third-order valence-electron chi connectivity index (χ3n) is 17.7. The van der Waals surface area contributed by atoms with Gasteiger partial charge < -0.3 is 66.8 Å². The number of likely N-dealkylation sites (tertiary alicyclic amines) is 1. The van der Waals surface area contributed by atoms with E-state index in [1.807, 2.05) is 32.0 Å². The van der Waals surface area contributed by atoms with Crippen LogP contribution in [-0.4, -0.2) is 192 Å². The van der Waals surface area contributed by atoms with Crippen LogP contribution in [0, 0.1) is 29.6 Å². The number of hydrogen-bond donors (Lipinski definition) is 8. The Morgan fingerprint density at radius 2 is 1.35 bits per heavy atom. The molecular weight excluding hydrogens is 1210 g/mol. The Labute approximate surface area is 554 Å². The van der Waals surface area contributed by atoms with Gasteiger partial charge in [0.05, 0.1) is 48.8 Å². The second kappa shape index (κ2) is 38.4. The fourth-order valence-corrected chi connectivity index (χ4v) is 12.1. The van der Waals surface area contributed by atoms with Crippen molar-refractivity contribution in [2.75, 3.05) is 53.3 Å². The minimum absolute atomic E-state index is 0.0841. The van der Waals surface area contributed by atoms with Crippen LogP contribution >= 0.6 is 0 Å². The number of nitrogens with two attached hydrogens (primary N) is 1. The normalized spacial score (nSPS) is 17.4. The number of primary amides is 1. The summed E-state index contributed by atoms with van der Waals surface area (Å²) in [6.07, 6.45) is 2.94. The summed E-state index contributed by atoms with van der Waals surface area (Å²) in [7, 11) is 6.08. The van der Waals surface area contributed by atoms with Crippen LogP contribution < -0.4 is 37.6 Å². The molecule has 4 rings (SSSR count). The Balaban J connectivity index is 1.37. The van der Waals surface area contributed by atoms with Crippen molar-refractivity contribution in [1.82, 2.24) is 46.2 Å². The Kier molecular flexibility index (Phi) is 32.1. The first-order valence-electron chi connectivity index (χ1n) is 32.9. The number of likely N-dealkylation sites (N-methyl/N-ethyl adjacent to an activating group) is 2. The number of carbonyl (C=O) groups is 11. The van der Waals surface area contributed by atoms with E-state index in [2.05, 4.69) is 31.9 Å². The minimum Gasteiger partial charge on any atom is -0.445 e. The molecule has 0 aliphatic carbocycles. The van der Waals surface area contributed by atoms with E-state index in [9.17, 15) is 57.8 Å². The van der Waals surface area contributed by atoms with Gasteiger partial charge >= 0.3 is 12.1 Å². The van der Waals surface area contributed by atoms with Crippen molar-refractivity contribution in [2.24, 2.45) is 35.3 Å². The van der Waals surface area contributed by atoms with E-state index in [0.29, 0.717) is 61.9 Å². The van der Waals surface area contributed by atoms with E-state index in [4.69, 9.17) is 19.9 Å².